The number of carbonyl (C=O) groups is 2. The van der Waals surface area contributed by atoms with Gasteiger partial charge in [0.1, 0.15) is 6.04 Å². The summed E-state index contributed by atoms with van der Waals surface area (Å²) in [5.74, 6) is -2.51. The number of halogens is 2. The number of carbonyl (C=O) groups excluding carboxylic acids is 2. The first-order chi connectivity index (χ1) is 17.4. The normalized spacial score (nSPS) is 15.1. The van der Waals surface area contributed by atoms with Crippen molar-refractivity contribution in [2.75, 3.05) is 49.5 Å². The van der Waals surface area contributed by atoms with Crippen LogP contribution >= 0.6 is 0 Å². The summed E-state index contributed by atoms with van der Waals surface area (Å²) in [5, 5.41) is 2.53. The van der Waals surface area contributed by atoms with Gasteiger partial charge >= 0.3 is 0 Å². The van der Waals surface area contributed by atoms with E-state index in [4.69, 9.17) is 0 Å². The predicted octanol–water partition coefficient (Wildman–Crippen LogP) is 5.07. The van der Waals surface area contributed by atoms with Crippen molar-refractivity contribution >= 4 is 23.2 Å². The van der Waals surface area contributed by atoms with E-state index in [0.717, 1.165) is 5.56 Å². The van der Waals surface area contributed by atoms with Crippen molar-refractivity contribution in [3.63, 3.8) is 0 Å². The summed E-state index contributed by atoms with van der Waals surface area (Å²) in [7, 11) is 0. The van der Waals surface area contributed by atoms with Crippen LogP contribution in [0, 0.1) is 17.6 Å². The average Bonchev–Trinajstić information content (AvgIpc) is 2.90. The van der Waals surface area contributed by atoms with Gasteiger partial charge in [-0.25, -0.2) is 8.78 Å². The zero-order valence-corrected chi connectivity index (χ0v) is 21.8. The molecule has 1 saturated heterocycles. The van der Waals surface area contributed by atoms with Gasteiger partial charge in [0, 0.05) is 45.2 Å². The third kappa shape index (κ3) is 6.03. The first-order valence-electron chi connectivity index (χ1n) is 13.0. The Kier molecular flexibility index (Phi) is 9.81. The molecule has 1 N–H and O–H groups in total. The van der Waals surface area contributed by atoms with Gasteiger partial charge in [0.15, 0.2) is 11.6 Å². The van der Waals surface area contributed by atoms with Crippen LogP contribution in [0.25, 0.3) is 0 Å². The molecule has 0 bridgehead atoms. The van der Waals surface area contributed by atoms with E-state index in [1.807, 2.05) is 62.9 Å². The number of piperazine rings is 1. The van der Waals surface area contributed by atoms with Gasteiger partial charge in [0.2, 0.25) is 11.8 Å². The molecule has 1 unspecified atom stereocenters. The highest BCUT2D eigenvalue weighted by Gasteiger charge is 2.33. The van der Waals surface area contributed by atoms with Gasteiger partial charge in [-0.15, -0.1) is 0 Å². The zero-order chi connectivity index (χ0) is 26.2. The Morgan fingerprint density at radius 3 is 2.06 bits per heavy atom. The van der Waals surface area contributed by atoms with Crippen LogP contribution in [0.4, 0.5) is 20.2 Å². The lowest BCUT2D eigenvalue weighted by molar-refractivity contribution is -0.137. The zero-order valence-electron chi connectivity index (χ0n) is 21.8. The number of rotatable bonds is 10. The van der Waals surface area contributed by atoms with E-state index in [1.165, 1.54) is 12.1 Å². The van der Waals surface area contributed by atoms with Gasteiger partial charge in [-0.05, 0) is 44.4 Å². The first-order valence-corrected chi connectivity index (χ1v) is 13.0. The fourth-order valence-electron chi connectivity index (χ4n) is 4.85. The van der Waals surface area contributed by atoms with E-state index in [1.54, 1.807) is 4.90 Å². The molecule has 2 aromatic rings. The van der Waals surface area contributed by atoms with E-state index in [-0.39, 0.29) is 29.1 Å². The van der Waals surface area contributed by atoms with Crippen LogP contribution in [0.5, 0.6) is 0 Å². The molecule has 1 fully saturated rings. The SMILES string of the molecule is CCC(CC)C(=O)Nc1ccc(N2CCN(C(C(=O)N(CC)CC)c3ccccc3)CC2)c(F)c1F. The molecular weight excluding hydrogens is 462 g/mol. The lowest BCUT2D eigenvalue weighted by Gasteiger charge is -2.41. The molecule has 0 aromatic heterocycles. The molecule has 0 radical (unpaired) electrons. The molecule has 0 spiro atoms. The molecule has 196 valence electrons. The Labute approximate surface area is 213 Å². The Bertz CT molecular complexity index is 1020. The highest BCUT2D eigenvalue weighted by molar-refractivity contribution is 5.92. The van der Waals surface area contributed by atoms with Gasteiger partial charge in [-0.2, -0.15) is 0 Å². The Morgan fingerprint density at radius 2 is 1.50 bits per heavy atom. The average molecular weight is 501 g/mol. The number of nitrogens with one attached hydrogen (secondary N) is 1. The third-order valence-electron chi connectivity index (χ3n) is 7.12. The van der Waals surface area contributed by atoms with Crippen LogP contribution in [0.3, 0.4) is 0 Å². The van der Waals surface area contributed by atoms with Crippen molar-refractivity contribution < 1.29 is 18.4 Å². The minimum atomic E-state index is -1.05. The Balaban J connectivity index is 1.75. The number of amides is 2. The molecule has 0 saturated carbocycles. The topological polar surface area (TPSA) is 55.9 Å². The predicted molar refractivity (Wildman–Crippen MR) is 140 cm³/mol. The molecule has 1 aliphatic heterocycles. The number of anilines is 2. The molecule has 6 nitrogen and oxygen atoms in total. The highest BCUT2D eigenvalue weighted by atomic mass is 19.2. The monoisotopic (exact) mass is 500 g/mol. The van der Waals surface area contributed by atoms with Gasteiger partial charge < -0.3 is 15.1 Å². The summed E-state index contributed by atoms with van der Waals surface area (Å²) in [6.07, 6.45) is 1.27. The smallest absolute Gasteiger partial charge is 0.244 e. The lowest BCUT2D eigenvalue weighted by Crippen LogP contribution is -2.52. The minimum absolute atomic E-state index is 0.0504. The quantitative estimate of drug-likeness (QED) is 0.495. The van der Waals surface area contributed by atoms with Crippen LogP contribution in [0.15, 0.2) is 42.5 Å². The molecule has 1 heterocycles. The molecule has 2 amide bonds. The summed E-state index contributed by atoms with van der Waals surface area (Å²) >= 11 is 0. The molecule has 1 aliphatic rings. The van der Waals surface area contributed by atoms with Crippen molar-refractivity contribution in [2.45, 2.75) is 46.6 Å². The van der Waals surface area contributed by atoms with E-state index in [2.05, 4.69) is 10.2 Å². The minimum Gasteiger partial charge on any atom is -0.367 e. The molecule has 0 aliphatic carbocycles. The van der Waals surface area contributed by atoms with Crippen molar-refractivity contribution in [1.82, 2.24) is 9.80 Å². The summed E-state index contributed by atoms with van der Waals surface area (Å²) in [5.41, 5.74) is 0.956. The maximum Gasteiger partial charge on any atom is 0.244 e. The lowest BCUT2D eigenvalue weighted by atomic mass is 10.0. The summed E-state index contributed by atoms with van der Waals surface area (Å²) < 4.78 is 29.9. The Morgan fingerprint density at radius 1 is 0.889 bits per heavy atom. The maximum absolute atomic E-state index is 15.1. The fraction of sp³-hybridized carbons (Fsp3) is 0.500. The van der Waals surface area contributed by atoms with E-state index >= 15 is 4.39 Å². The second-order valence-corrected chi connectivity index (χ2v) is 9.11. The molecule has 36 heavy (non-hydrogen) atoms. The third-order valence-corrected chi connectivity index (χ3v) is 7.12. The second kappa shape index (κ2) is 12.8. The van der Waals surface area contributed by atoms with Crippen molar-refractivity contribution in [3.05, 3.63) is 59.7 Å². The van der Waals surface area contributed by atoms with Crippen LogP contribution in [-0.2, 0) is 9.59 Å². The number of nitrogens with zero attached hydrogens (tertiary/aromatic N) is 3. The maximum atomic E-state index is 15.1. The van der Waals surface area contributed by atoms with Gasteiger partial charge in [0.25, 0.3) is 0 Å². The van der Waals surface area contributed by atoms with Gasteiger partial charge in [-0.3, -0.25) is 14.5 Å². The van der Waals surface area contributed by atoms with E-state index in [0.29, 0.717) is 52.1 Å². The molecule has 8 heteroatoms. The molecular formula is C28H38F2N4O2. The van der Waals surface area contributed by atoms with E-state index in [9.17, 15) is 14.0 Å². The van der Waals surface area contributed by atoms with Crippen LogP contribution in [0.1, 0.15) is 52.1 Å². The Hall–Kier alpha value is -3.00. The molecule has 3 rings (SSSR count). The van der Waals surface area contributed by atoms with E-state index < -0.39 is 17.7 Å². The van der Waals surface area contributed by atoms with Crippen LogP contribution in [0.2, 0.25) is 0 Å². The summed E-state index contributed by atoms with van der Waals surface area (Å²) in [4.78, 5) is 31.5. The highest BCUT2D eigenvalue weighted by Crippen LogP contribution is 2.31. The number of likely N-dealkylation sites (N-methyl/N-ethyl adjacent to an activating group) is 1. The molecule has 1 atom stereocenters. The van der Waals surface area contributed by atoms with Gasteiger partial charge in [0.05, 0.1) is 11.4 Å². The largest absolute Gasteiger partial charge is 0.367 e. The summed E-state index contributed by atoms with van der Waals surface area (Å²) in [6.45, 7) is 10.9. The number of benzene rings is 2. The van der Waals surface area contributed by atoms with Crippen LogP contribution in [-0.4, -0.2) is 60.9 Å². The van der Waals surface area contributed by atoms with Crippen molar-refractivity contribution in [2.24, 2.45) is 5.92 Å². The summed E-state index contributed by atoms with van der Waals surface area (Å²) in [6, 6.07) is 12.2. The second-order valence-electron chi connectivity index (χ2n) is 9.11. The fourth-order valence-corrected chi connectivity index (χ4v) is 4.85. The van der Waals surface area contributed by atoms with Crippen molar-refractivity contribution in [3.8, 4) is 0 Å². The standard InChI is InChI=1S/C28H38F2N4O2/c1-5-20(6-2)27(35)31-22-14-15-23(25(30)24(22)29)33-16-18-34(19-17-33)26(21-12-10-9-11-13-21)28(36)32(7-3)8-4/h9-15,20,26H,5-8,16-19H2,1-4H3,(H,31,35). The number of hydrogen-bond acceptors (Lipinski definition) is 4. The van der Waals surface area contributed by atoms with Crippen molar-refractivity contribution in [1.29, 1.82) is 0 Å². The first kappa shape index (κ1) is 27.6. The van der Waals surface area contributed by atoms with Gasteiger partial charge in [-0.1, -0.05) is 44.2 Å². The van der Waals surface area contributed by atoms with Crippen LogP contribution < -0.4 is 10.2 Å². The molecule has 2 aromatic carbocycles. The number of hydrogen-bond donors (Lipinski definition) is 1.